The van der Waals surface area contributed by atoms with Gasteiger partial charge < -0.3 is 9.84 Å². The van der Waals surface area contributed by atoms with E-state index >= 15 is 0 Å². The molecule has 1 amide bonds. The molecular weight excluding hydrogens is 434 g/mol. The number of hydroxylamine groups is 1. The van der Waals surface area contributed by atoms with Crippen LogP contribution in [0.1, 0.15) is 25.3 Å². The number of nitrogens with one attached hydrogen (secondary N) is 1. The summed E-state index contributed by atoms with van der Waals surface area (Å²) in [5.41, 5.74) is 0.638. The van der Waals surface area contributed by atoms with Crippen LogP contribution < -0.4 is 10.2 Å². The first-order valence-electron chi connectivity index (χ1n) is 9.16. The van der Waals surface area contributed by atoms with Gasteiger partial charge in [-0.15, -0.1) is 0 Å². The van der Waals surface area contributed by atoms with E-state index in [1.54, 1.807) is 18.3 Å². The maximum absolute atomic E-state index is 13.1. The minimum atomic E-state index is -4.11. The molecule has 3 rings (SSSR count). The van der Waals surface area contributed by atoms with Gasteiger partial charge in [-0.2, -0.15) is 4.31 Å². The van der Waals surface area contributed by atoms with Gasteiger partial charge in [0.2, 0.25) is 10.0 Å². The number of ether oxygens (including phenoxy) is 1. The number of hydrogen-bond donors (Lipinski definition) is 3. The summed E-state index contributed by atoms with van der Waals surface area (Å²) in [4.78, 5) is 15.9. The maximum Gasteiger partial charge on any atom is 0.264 e. The monoisotopic (exact) mass is 455 g/mol. The third-order valence-electron chi connectivity index (χ3n) is 4.92. The van der Waals surface area contributed by atoms with E-state index < -0.39 is 27.6 Å². The fraction of sp³-hybridized carbons (Fsp3) is 0.368. The minimum Gasteiger partial charge on any atom is -0.489 e. The summed E-state index contributed by atoms with van der Waals surface area (Å²) in [6.07, 6.45) is 2.16. The number of aliphatic hydroxyl groups is 1. The second kappa shape index (κ2) is 8.86. The smallest absolute Gasteiger partial charge is 0.264 e. The fourth-order valence-electron chi connectivity index (χ4n) is 3.44. The Morgan fingerprint density at radius 2 is 2.07 bits per heavy atom. The molecular formula is C19H22ClN3O6S. The van der Waals surface area contributed by atoms with Crippen LogP contribution >= 0.6 is 11.6 Å². The molecule has 1 aromatic carbocycles. The fourth-order valence-corrected chi connectivity index (χ4v) is 5.36. The van der Waals surface area contributed by atoms with Gasteiger partial charge in [0.1, 0.15) is 23.6 Å². The summed E-state index contributed by atoms with van der Waals surface area (Å²) >= 11 is 5.84. The molecule has 2 aromatic rings. The van der Waals surface area contributed by atoms with Gasteiger partial charge in [0.25, 0.3) is 5.91 Å². The molecule has 1 saturated heterocycles. The normalized spacial score (nSPS) is 22.5. The predicted octanol–water partition coefficient (Wildman–Crippen LogP) is 1.72. The summed E-state index contributed by atoms with van der Waals surface area (Å²) in [5.74, 6) is -0.545. The molecule has 0 bridgehead atoms. The second-order valence-corrected chi connectivity index (χ2v) is 9.48. The lowest BCUT2D eigenvalue weighted by Gasteiger charge is -2.42. The van der Waals surface area contributed by atoms with Gasteiger partial charge >= 0.3 is 0 Å². The number of carbonyl (C=O) groups excluding carboxylic acids is 1. The third-order valence-corrected chi connectivity index (χ3v) is 7.01. The molecule has 1 aliphatic rings. The van der Waals surface area contributed by atoms with Gasteiger partial charge in [-0.1, -0.05) is 11.6 Å². The Labute approximate surface area is 179 Å². The van der Waals surface area contributed by atoms with E-state index in [0.717, 1.165) is 9.87 Å². The Balaban J connectivity index is 1.79. The van der Waals surface area contributed by atoms with Crippen molar-refractivity contribution >= 4 is 27.5 Å². The van der Waals surface area contributed by atoms with Crippen LogP contribution in [0.2, 0.25) is 5.15 Å². The number of nitrogens with zero attached hydrogens (tertiary/aromatic N) is 2. The number of aromatic nitrogens is 1. The van der Waals surface area contributed by atoms with Crippen molar-refractivity contribution in [3.8, 4) is 5.75 Å². The van der Waals surface area contributed by atoms with Gasteiger partial charge in [-0.05, 0) is 61.7 Å². The van der Waals surface area contributed by atoms with E-state index in [0.29, 0.717) is 17.3 Å². The Morgan fingerprint density at radius 3 is 2.70 bits per heavy atom. The standard InChI is InChI=1S/C19H22ClN3O6S/c1-19(25)8-2-10-23(17(19)18(24)22-26)30(27,28)15-5-3-14(4-6-15)29-12-13-7-9-21-16(20)11-13/h3-7,9,11,17,25-26H,2,8,10,12H2,1H3,(H,22,24)/t17?,19-/m1/s1. The lowest BCUT2D eigenvalue weighted by atomic mass is 9.87. The average Bonchev–Trinajstić information content (AvgIpc) is 2.71. The van der Waals surface area contributed by atoms with Crippen LogP contribution in [-0.2, 0) is 21.4 Å². The zero-order valence-corrected chi connectivity index (χ0v) is 17.7. The first-order chi connectivity index (χ1) is 14.1. The summed E-state index contributed by atoms with van der Waals surface area (Å²) in [6, 6.07) is 7.68. The number of halogens is 1. The summed E-state index contributed by atoms with van der Waals surface area (Å²) in [6.45, 7) is 1.64. The number of hydrogen-bond acceptors (Lipinski definition) is 7. The highest BCUT2D eigenvalue weighted by Gasteiger charge is 2.49. The summed E-state index contributed by atoms with van der Waals surface area (Å²) < 4.78 is 32.8. The van der Waals surface area contributed by atoms with Gasteiger partial charge in [-0.25, -0.2) is 18.9 Å². The van der Waals surface area contributed by atoms with Crippen LogP contribution in [0.5, 0.6) is 5.75 Å². The van der Waals surface area contributed by atoms with E-state index in [-0.39, 0.29) is 24.5 Å². The average molecular weight is 456 g/mol. The van der Waals surface area contributed by atoms with E-state index in [1.165, 1.54) is 36.7 Å². The van der Waals surface area contributed by atoms with Crippen LogP contribution in [-0.4, -0.2) is 52.1 Å². The lowest BCUT2D eigenvalue weighted by molar-refractivity contribution is -0.144. The van der Waals surface area contributed by atoms with Crippen LogP contribution in [0.15, 0.2) is 47.5 Å². The Morgan fingerprint density at radius 1 is 1.37 bits per heavy atom. The number of pyridine rings is 1. The zero-order chi connectivity index (χ0) is 21.9. The summed E-state index contributed by atoms with van der Waals surface area (Å²) in [5, 5.41) is 19.9. The van der Waals surface area contributed by atoms with Crippen LogP contribution in [0, 0.1) is 0 Å². The topological polar surface area (TPSA) is 129 Å². The molecule has 162 valence electrons. The van der Waals surface area contributed by atoms with Crippen molar-refractivity contribution in [1.29, 1.82) is 0 Å². The van der Waals surface area contributed by atoms with E-state index in [1.807, 2.05) is 0 Å². The van der Waals surface area contributed by atoms with Crippen molar-refractivity contribution in [2.75, 3.05) is 6.54 Å². The Bertz CT molecular complexity index is 1010. The highest BCUT2D eigenvalue weighted by Crippen LogP contribution is 2.32. The minimum absolute atomic E-state index is 0.0393. The van der Waals surface area contributed by atoms with Gasteiger partial charge in [0, 0.05) is 12.7 Å². The number of amides is 1. The Kier molecular flexibility index (Phi) is 6.63. The predicted molar refractivity (Wildman–Crippen MR) is 107 cm³/mol. The van der Waals surface area contributed by atoms with Crippen molar-refractivity contribution in [3.05, 3.63) is 53.3 Å². The van der Waals surface area contributed by atoms with Crippen molar-refractivity contribution in [2.45, 2.75) is 42.9 Å². The molecule has 9 nitrogen and oxygen atoms in total. The van der Waals surface area contributed by atoms with E-state index in [2.05, 4.69) is 4.98 Å². The zero-order valence-electron chi connectivity index (χ0n) is 16.2. The lowest BCUT2D eigenvalue weighted by Crippen LogP contribution is -2.62. The molecule has 30 heavy (non-hydrogen) atoms. The van der Waals surface area contributed by atoms with Crippen molar-refractivity contribution in [3.63, 3.8) is 0 Å². The summed E-state index contributed by atoms with van der Waals surface area (Å²) in [7, 11) is -4.11. The van der Waals surface area contributed by atoms with Crippen LogP contribution in [0.3, 0.4) is 0 Å². The van der Waals surface area contributed by atoms with Crippen LogP contribution in [0.25, 0.3) is 0 Å². The molecule has 0 spiro atoms. The maximum atomic E-state index is 13.1. The number of rotatable bonds is 6. The van der Waals surface area contributed by atoms with E-state index in [9.17, 15) is 18.3 Å². The molecule has 0 radical (unpaired) electrons. The SMILES string of the molecule is C[C@@]1(O)CCCN(S(=O)(=O)c2ccc(OCc3ccnc(Cl)c3)cc2)C1C(=O)NO. The number of benzene rings is 1. The quantitative estimate of drug-likeness (QED) is 0.343. The molecule has 3 N–H and O–H groups in total. The number of sulfonamides is 1. The first kappa shape index (κ1) is 22.4. The molecule has 0 saturated carbocycles. The van der Waals surface area contributed by atoms with Gasteiger partial charge in [0.15, 0.2) is 0 Å². The van der Waals surface area contributed by atoms with E-state index in [4.69, 9.17) is 21.5 Å². The van der Waals surface area contributed by atoms with Gasteiger partial charge in [0.05, 0.1) is 10.5 Å². The molecule has 1 fully saturated rings. The van der Waals surface area contributed by atoms with Crippen molar-refractivity contribution < 1.29 is 28.3 Å². The number of carbonyl (C=O) groups is 1. The Hall–Kier alpha value is -2.24. The molecule has 2 atom stereocenters. The van der Waals surface area contributed by atoms with Crippen molar-refractivity contribution in [1.82, 2.24) is 14.8 Å². The highest BCUT2D eigenvalue weighted by atomic mass is 35.5. The number of piperidine rings is 1. The molecule has 2 heterocycles. The second-order valence-electron chi connectivity index (χ2n) is 7.20. The molecule has 0 aliphatic carbocycles. The van der Waals surface area contributed by atoms with Gasteiger partial charge in [-0.3, -0.25) is 10.0 Å². The molecule has 1 unspecified atom stereocenters. The van der Waals surface area contributed by atoms with Crippen molar-refractivity contribution in [2.24, 2.45) is 0 Å². The largest absolute Gasteiger partial charge is 0.489 e. The molecule has 1 aliphatic heterocycles. The third kappa shape index (κ3) is 4.73. The molecule has 11 heteroatoms. The highest BCUT2D eigenvalue weighted by molar-refractivity contribution is 7.89. The molecule has 1 aromatic heterocycles. The van der Waals surface area contributed by atoms with Crippen LogP contribution in [0.4, 0.5) is 0 Å². The first-order valence-corrected chi connectivity index (χ1v) is 11.0.